The molecule has 0 spiro atoms. The van der Waals surface area contributed by atoms with Crippen molar-refractivity contribution in [3.05, 3.63) is 54.4 Å². The van der Waals surface area contributed by atoms with E-state index in [9.17, 15) is 4.79 Å². The molecule has 0 fully saturated rings. The van der Waals surface area contributed by atoms with E-state index < -0.39 is 0 Å². The number of hydrogen-bond donors (Lipinski definition) is 1. The van der Waals surface area contributed by atoms with Crippen LogP contribution in [0.15, 0.2) is 53.1 Å². The maximum absolute atomic E-state index is 12.1. The van der Waals surface area contributed by atoms with Gasteiger partial charge < -0.3 is 19.3 Å². The number of nitrogens with one attached hydrogen (secondary N) is 1. The Morgan fingerprint density at radius 2 is 1.89 bits per heavy atom. The normalized spacial score (nSPS) is 10.7. The van der Waals surface area contributed by atoms with Crippen molar-refractivity contribution in [3.8, 4) is 23.0 Å². The number of para-hydroxylation sites is 2. The van der Waals surface area contributed by atoms with Crippen LogP contribution in [0.25, 0.3) is 11.5 Å². The lowest BCUT2D eigenvalue weighted by Crippen LogP contribution is -2.20. The van der Waals surface area contributed by atoms with Crippen molar-refractivity contribution in [3.63, 3.8) is 0 Å². The topological polar surface area (TPSA) is 86.5 Å². The van der Waals surface area contributed by atoms with Crippen molar-refractivity contribution in [2.24, 2.45) is 0 Å². The van der Waals surface area contributed by atoms with E-state index in [0.29, 0.717) is 28.9 Å². The lowest BCUT2D eigenvalue weighted by molar-refractivity contribution is -0.118. The molecule has 7 heteroatoms. The van der Waals surface area contributed by atoms with Gasteiger partial charge in [0.2, 0.25) is 0 Å². The molecule has 0 aliphatic heterocycles. The molecule has 3 rings (SSSR count). The number of amides is 1. The van der Waals surface area contributed by atoms with Gasteiger partial charge in [-0.2, -0.15) is 4.98 Å². The van der Waals surface area contributed by atoms with Crippen LogP contribution < -0.4 is 14.8 Å². The quantitative estimate of drug-likeness (QED) is 0.682. The summed E-state index contributed by atoms with van der Waals surface area (Å²) in [6.45, 7) is 3.89. The smallest absolute Gasteiger partial charge is 0.262 e. The standard InChI is InChI=1S/C20H21N3O4/c1-13(2)19-22-20(27-23-19)14-8-10-15(11-9-14)26-12-18(24)21-16-6-4-5-7-17(16)25-3/h4-11,13H,12H2,1-3H3,(H,21,24). The molecule has 0 bridgehead atoms. The summed E-state index contributed by atoms with van der Waals surface area (Å²) in [7, 11) is 1.55. The number of carbonyl (C=O) groups is 1. The third-order valence-corrected chi connectivity index (χ3v) is 3.81. The molecule has 0 aliphatic rings. The summed E-state index contributed by atoms with van der Waals surface area (Å²) in [6, 6.07) is 14.3. The molecule has 0 saturated carbocycles. The zero-order valence-corrected chi connectivity index (χ0v) is 15.4. The fourth-order valence-corrected chi connectivity index (χ4v) is 2.36. The van der Waals surface area contributed by atoms with Crippen molar-refractivity contribution < 1.29 is 18.8 Å². The van der Waals surface area contributed by atoms with E-state index in [1.54, 1.807) is 31.4 Å². The van der Waals surface area contributed by atoms with Crippen LogP contribution in [0.2, 0.25) is 0 Å². The van der Waals surface area contributed by atoms with Gasteiger partial charge in [-0.1, -0.05) is 31.1 Å². The molecule has 0 unspecified atom stereocenters. The van der Waals surface area contributed by atoms with Crippen molar-refractivity contribution in [2.75, 3.05) is 19.0 Å². The number of anilines is 1. The van der Waals surface area contributed by atoms with E-state index >= 15 is 0 Å². The minimum absolute atomic E-state index is 0.116. The highest BCUT2D eigenvalue weighted by molar-refractivity contribution is 5.93. The van der Waals surface area contributed by atoms with Gasteiger partial charge >= 0.3 is 0 Å². The molecule has 140 valence electrons. The zero-order chi connectivity index (χ0) is 19.2. The first-order valence-corrected chi connectivity index (χ1v) is 8.56. The van der Waals surface area contributed by atoms with Gasteiger partial charge in [0.25, 0.3) is 11.8 Å². The molecule has 1 amide bonds. The Balaban J connectivity index is 1.57. The monoisotopic (exact) mass is 367 g/mol. The number of rotatable bonds is 7. The second kappa shape index (κ2) is 8.35. The molecule has 0 atom stereocenters. The predicted molar refractivity (Wildman–Crippen MR) is 101 cm³/mol. The average Bonchev–Trinajstić information content (AvgIpc) is 3.18. The van der Waals surface area contributed by atoms with Crippen LogP contribution in [-0.4, -0.2) is 29.8 Å². The van der Waals surface area contributed by atoms with Gasteiger partial charge in [-0.25, -0.2) is 0 Å². The summed E-state index contributed by atoms with van der Waals surface area (Å²) in [4.78, 5) is 16.4. The van der Waals surface area contributed by atoms with Gasteiger partial charge in [-0.15, -0.1) is 0 Å². The maximum Gasteiger partial charge on any atom is 0.262 e. The zero-order valence-electron chi connectivity index (χ0n) is 15.4. The second-order valence-corrected chi connectivity index (χ2v) is 6.17. The molecular weight excluding hydrogens is 346 g/mol. The van der Waals surface area contributed by atoms with Gasteiger partial charge in [-0.3, -0.25) is 4.79 Å². The molecule has 27 heavy (non-hydrogen) atoms. The third kappa shape index (κ3) is 4.63. The Labute approximate surface area is 157 Å². The molecule has 1 N–H and O–H groups in total. The van der Waals surface area contributed by atoms with E-state index in [0.717, 1.165) is 5.56 Å². The van der Waals surface area contributed by atoms with Gasteiger partial charge in [-0.05, 0) is 36.4 Å². The summed E-state index contributed by atoms with van der Waals surface area (Å²) in [5.41, 5.74) is 1.39. The van der Waals surface area contributed by atoms with E-state index in [-0.39, 0.29) is 18.4 Å². The van der Waals surface area contributed by atoms with E-state index in [4.69, 9.17) is 14.0 Å². The lowest BCUT2D eigenvalue weighted by atomic mass is 10.2. The molecule has 1 aromatic heterocycles. The number of benzene rings is 2. The van der Waals surface area contributed by atoms with Crippen LogP contribution in [0, 0.1) is 0 Å². The largest absolute Gasteiger partial charge is 0.495 e. The van der Waals surface area contributed by atoms with Gasteiger partial charge in [0.05, 0.1) is 12.8 Å². The molecule has 2 aromatic carbocycles. The number of ether oxygens (including phenoxy) is 2. The second-order valence-electron chi connectivity index (χ2n) is 6.17. The summed E-state index contributed by atoms with van der Waals surface area (Å²) in [5, 5.41) is 6.71. The lowest BCUT2D eigenvalue weighted by Gasteiger charge is -2.10. The van der Waals surface area contributed by atoms with Crippen molar-refractivity contribution in [1.82, 2.24) is 10.1 Å². The predicted octanol–water partition coefficient (Wildman–Crippen LogP) is 3.89. The Bertz CT molecular complexity index is 904. The fraction of sp³-hybridized carbons (Fsp3) is 0.250. The average molecular weight is 367 g/mol. The summed E-state index contributed by atoms with van der Waals surface area (Å²) in [6.07, 6.45) is 0. The number of aromatic nitrogens is 2. The Kier molecular flexibility index (Phi) is 5.71. The molecule has 0 radical (unpaired) electrons. The van der Waals surface area contributed by atoms with Crippen molar-refractivity contribution >= 4 is 11.6 Å². The van der Waals surface area contributed by atoms with Crippen LogP contribution in [0.3, 0.4) is 0 Å². The first-order chi connectivity index (χ1) is 13.1. The highest BCUT2D eigenvalue weighted by atomic mass is 16.5. The molecule has 0 aliphatic carbocycles. The van der Waals surface area contributed by atoms with E-state index in [1.807, 2.05) is 38.1 Å². The van der Waals surface area contributed by atoms with Crippen LogP contribution in [0.1, 0.15) is 25.6 Å². The van der Waals surface area contributed by atoms with Crippen molar-refractivity contribution in [1.29, 1.82) is 0 Å². The highest BCUT2D eigenvalue weighted by Crippen LogP contribution is 2.24. The Hall–Kier alpha value is -3.35. The Morgan fingerprint density at radius 1 is 1.15 bits per heavy atom. The third-order valence-electron chi connectivity index (χ3n) is 3.81. The van der Waals surface area contributed by atoms with Crippen LogP contribution in [0.4, 0.5) is 5.69 Å². The molecular formula is C20H21N3O4. The van der Waals surface area contributed by atoms with E-state index in [1.165, 1.54) is 0 Å². The number of methoxy groups -OCH3 is 1. The van der Waals surface area contributed by atoms with Gasteiger partial charge in [0, 0.05) is 11.5 Å². The number of nitrogens with zero attached hydrogens (tertiary/aromatic N) is 2. The van der Waals surface area contributed by atoms with Crippen LogP contribution in [-0.2, 0) is 4.79 Å². The van der Waals surface area contributed by atoms with Gasteiger partial charge in [0.15, 0.2) is 12.4 Å². The number of hydrogen-bond acceptors (Lipinski definition) is 6. The van der Waals surface area contributed by atoms with Crippen molar-refractivity contribution in [2.45, 2.75) is 19.8 Å². The minimum Gasteiger partial charge on any atom is -0.495 e. The number of carbonyl (C=O) groups excluding carboxylic acids is 1. The Morgan fingerprint density at radius 3 is 2.56 bits per heavy atom. The maximum atomic E-state index is 12.1. The summed E-state index contributed by atoms with van der Waals surface area (Å²) >= 11 is 0. The summed E-state index contributed by atoms with van der Waals surface area (Å²) in [5.74, 6) is 2.21. The SMILES string of the molecule is COc1ccccc1NC(=O)COc1ccc(-c2nc(C(C)C)no2)cc1. The van der Waals surface area contributed by atoms with Crippen LogP contribution >= 0.6 is 0 Å². The van der Waals surface area contributed by atoms with E-state index in [2.05, 4.69) is 15.5 Å². The molecule has 7 nitrogen and oxygen atoms in total. The molecule has 3 aromatic rings. The minimum atomic E-state index is -0.276. The molecule has 1 heterocycles. The fourth-order valence-electron chi connectivity index (χ4n) is 2.36. The summed E-state index contributed by atoms with van der Waals surface area (Å²) < 4.78 is 16.0. The van der Waals surface area contributed by atoms with Gasteiger partial charge in [0.1, 0.15) is 11.5 Å². The first-order valence-electron chi connectivity index (χ1n) is 8.56. The molecule has 0 saturated heterocycles. The highest BCUT2D eigenvalue weighted by Gasteiger charge is 2.12. The van der Waals surface area contributed by atoms with Crippen LogP contribution in [0.5, 0.6) is 11.5 Å². The first kappa shape index (κ1) is 18.4.